The van der Waals surface area contributed by atoms with Crippen LogP contribution in [0, 0.1) is 11.8 Å². The van der Waals surface area contributed by atoms with Gasteiger partial charge in [-0.1, -0.05) is 60.1 Å². The van der Waals surface area contributed by atoms with Crippen molar-refractivity contribution in [2.45, 2.75) is 9.75 Å². The second-order valence-electron chi connectivity index (χ2n) is 9.24. The van der Waals surface area contributed by atoms with Crippen molar-refractivity contribution in [1.82, 2.24) is 15.8 Å². The smallest absolute Gasteiger partial charge is 0.269 e. The van der Waals surface area contributed by atoms with Crippen molar-refractivity contribution >= 4 is 58.4 Å². The average Bonchev–Trinajstić information content (AvgIpc) is 3.16. The van der Waals surface area contributed by atoms with E-state index in [1.54, 1.807) is 0 Å². The molecule has 186 valence electrons. The highest BCUT2D eigenvalue weighted by Crippen LogP contribution is 2.69. The molecule has 2 atom stereocenters. The van der Waals surface area contributed by atoms with Gasteiger partial charge < -0.3 is 0 Å². The van der Waals surface area contributed by atoms with Gasteiger partial charge in [0.1, 0.15) is 16.3 Å². The zero-order valence-corrected chi connectivity index (χ0v) is 21.3. The van der Waals surface area contributed by atoms with Crippen LogP contribution in [-0.4, -0.2) is 35.1 Å². The zero-order valence-electron chi connectivity index (χ0n) is 19.0. The summed E-state index contributed by atoms with van der Waals surface area (Å²) in [5, 5.41) is 0.459. The number of halogens is 3. The fourth-order valence-corrected chi connectivity index (χ4v) is 7.09. The molecule has 7 nitrogen and oxygen atoms in total. The number of carbonyl (C=O) groups is 4. The fourth-order valence-electron chi connectivity index (χ4n) is 5.86. The minimum Gasteiger partial charge on any atom is -0.274 e. The number of alkyl halides is 2. The summed E-state index contributed by atoms with van der Waals surface area (Å²) in [6.07, 6.45) is 0. The Bertz CT molecular complexity index is 1390. The van der Waals surface area contributed by atoms with E-state index in [2.05, 4.69) is 10.9 Å². The normalized spacial score (nSPS) is 26.8. The number of hydrogen-bond donors (Lipinski definition) is 2. The van der Waals surface area contributed by atoms with Crippen molar-refractivity contribution in [2.75, 3.05) is 6.54 Å². The molecule has 1 heterocycles. The molecule has 4 amide bonds. The molecule has 10 heteroatoms. The molecule has 1 aliphatic heterocycles. The van der Waals surface area contributed by atoms with Crippen LogP contribution in [0.15, 0.2) is 72.8 Å². The molecule has 3 aromatic rings. The van der Waals surface area contributed by atoms with Crippen LogP contribution in [0.1, 0.15) is 32.6 Å². The first-order valence-corrected chi connectivity index (χ1v) is 12.6. The molecule has 3 aliphatic carbocycles. The first kappa shape index (κ1) is 24.0. The van der Waals surface area contributed by atoms with Crippen molar-refractivity contribution in [3.8, 4) is 0 Å². The van der Waals surface area contributed by atoms with Gasteiger partial charge in [-0.15, -0.1) is 23.2 Å². The zero-order chi connectivity index (χ0) is 26.1. The Hall–Kier alpha value is -3.39. The number of nitrogens with zero attached hydrogens (tertiary/aromatic N) is 1. The number of hydrazine groups is 1. The van der Waals surface area contributed by atoms with Gasteiger partial charge in [-0.3, -0.25) is 34.9 Å². The Morgan fingerprint density at radius 2 is 1.16 bits per heavy atom. The molecule has 4 aliphatic rings. The molecule has 0 radical (unpaired) electrons. The Morgan fingerprint density at radius 3 is 1.59 bits per heavy atom. The van der Waals surface area contributed by atoms with Crippen molar-refractivity contribution < 1.29 is 19.2 Å². The minimum absolute atomic E-state index is 0.268. The number of amides is 4. The predicted octanol–water partition coefficient (Wildman–Crippen LogP) is 3.69. The Kier molecular flexibility index (Phi) is 5.39. The lowest BCUT2D eigenvalue weighted by atomic mass is 9.54. The maximum atomic E-state index is 13.7. The van der Waals surface area contributed by atoms with E-state index in [9.17, 15) is 19.2 Å². The van der Waals surface area contributed by atoms with Gasteiger partial charge in [-0.05, 0) is 46.5 Å². The van der Waals surface area contributed by atoms with Gasteiger partial charge in [0.2, 0.25) is 11.8 Å². The summed E-state index contributed by atoms with van der Waals surface area (Å²) in [5.41, 5.74) is 7.50. The van der Waals surface area contributed by atoms with Gasteiger partial charge in [0.25, 0.3) is 11.8 Å². The standard InChI is InChI=1S/C27H18Cl3N3O4/c28-15-11-9-14(10-12-15)23(35)32-31-20(34)13-33-24(36)21-22(25(33)37)27(30)17-6-2-1-5-16(17)26(21,29)18-7-3-4-8-19(18)27/h1-12,21-22H,13H2,(H,31,34)(H,32,35)/t21-,22-,26?,27?/m1/s1. The van der Waals surface area contributed by atoms with Crippen LogP contribution >= 0.6 is 34.8 Å². The van der Waals surface area contributed by atoms with E-state index in [4.69, 9.17) is 34.8 Å². The average molecular weight is 555 g/mol. The highest BCUT2D eigenvalue weighted by Gasteiger charge is 2.73. The Balaban J connectivity index is 1.30. The van der Waals surface area contributed by atoms with Crippen LogP contribution in [0.4, 0.5) is 0 Å². The molecule has 0 saturated carbocycles. The van der Waals surface area contributed by atoms with Crippen LogP contribution in [0.2, 0.25) is 5.02 Å². The monoisotopic (exact) mass is 553 g/mol. The lowest BCUT2D eigenvalue weighted by Crippen LogP contribution is -2.57. The Morgan fingerprint density at radius 1 is 0.730 bits per heavy atom. The van der Waals surface area contributed by atoms with Gasteiger partial charge in [0.05, 0.1) is 11.8 Å². The molecule has 7 rings (SSSR count). The quantitative estimate of drug-likeness (QED) is 0.293. The van der Waals surface area contributed by atoms with Crippen LogP contribution in [0.3, 0.4) is 0 Å². The minimum atomic E-state index is -1.32. The summed E-state index contributed by atoms with van der Waals surface area (Å²) in [6, 6.07) is 20.6. The number of likely N-dealkylation sites (tertiary alicyclic amines) is 1. The molecule has 2 N–H and O–H groups in total. The summed E-state index contributed by atoms with van der Waals surface area (Å²) >= 11 is 20.5. The molecular formula is C27H18Cl3N3O4. The summed E-state index contributed by atoms with van der Waals surface area (Å²) in [7, 11) is 0. The van der Waals surface area contributed by atoms with E-state index in [0.29, 0.717) is 27.3 Å². The molecule has 3 aromatic carbocycles. The molecule has 37 heavy (non-hydrogen) atoms. The maximum absolute atomic E-state index is 13.7. The van der Waals surface area contributed by atoms with E-state index in [1.807, 2.05) is 48.5 Å². The van der Waals surface area contributed by atoms with Crippen molar-refractivity contribution in [1.29, 1.82) is 0 Å². The highest BCUT2D eigenvalue weighted by molar-refractivity contribution is 6.36. The third-order valence-corrected chi connectivity index (χ3v) is 8.94. The number of rotatable bonds is 3. The summed E-state index contributed by atoms with van der Waals surface area (Å²) in [5.74, 6) is -4.50. The first-order chi connectivity index (χ1) is 17.7. The summed E-state index contributed by atoms with van der Waals surface area (Å²) in [4.78, 5) is 50.7. The first-order valence-electron chi connectivity index (χ1n) is 11.5. The molecule has 0 unspecified atom stereocenters. The van der Waals surface area contributed by atoms with Crippen LogP contribution in [0.25, 0.3) is 0 Å². The van der Waals surface area contributed by atoms with Crippen molar-refractivity contribution in [3.05, 3.63) is 106 Å². The maximum Gasteiger partial charge on any atom is 0.269 e. The van der Waals surface area contributed by atoms with Gasteiger partial charge in [-0.2, -0.15) is 0 Å². The largest absolute Gasteiger partial charge is 0.274 e. The highest BCUT2D eigenvalue weighted by atomic mass is 35.5. The third-order valence-electron chi connectivity index (χ3n) is 7.40. The molecule has 0 aromatic heterocycles. The predicted molar refractivity (Wildman–Crippen MR) is 137 cm³/mol. The molecule has 1 fully saturated rings. The SMILES string of the molecule is O=C(CN1C(=O)[C@H]2[C@H](C1=O)C1(Cl)c3ccccc3C2(Cl)c2ccccc21)NNC(=O)c1ccc(Cl)cc1. The number of imide groups is 1. The van der Waals surface area contributed by atoms with Crippen LogP contribution in [-0.2, 0) is 24.1 Å². The Labute approximate surface area is 226 Å². The van der Waals surface area contributed by atoms with E-state index >= 15 is 0 Å². The number of benzene rings is 3. The number of nitrogens with one attached hydrogen (secondary N) is 2. The van der Waals surface area contributed by atoms with E-state index in [-0.39, 0.29) is 5.56 Å². The molecule has 1 saturated heterocycles. The van der Waals surface area contributed by atoms with Gasteiger partial charge in [0, 0.05) is 10.6 Å². The molecule has 2 bridgehead atoms. The van der Waals surface area contributed by atoms with Crippen molar-refractivity contribution in [2.24, 2.45) is 11.8 Å². The summed E-state index contributed by atoms with van der Waals surface area (Å²) in [6.45, 7) is -0.599. The second-order valence-corrected chi connectivity index (χ2v) is 10.9. The number of hydrogen-bond acceptors (Lipinski definition) is 4. The lowest BCUT2D eigenvalue weighted by molar-refractivity contribution is -0.143. The van der Waals surface area contributed by atoms with Crippen LogP contribution in [0.5, 0.6) is 0 Å². The van der Waals surface area contributed by atoms with Crippen LogP contribution < -0.4 is 10.9 Å². The fraction of sp³-hybridized carbons (Fsp3) is 0.185. The van der Waals surface area contributed by atoms with Crippen molar-refractivity contribution in [3.63, 3.8) is 0 Å². The summed E-state index contributed by atoms with van der Waals surface area (Å²) < 4.78 is 0. The van der Waals surface area contributed by atoms with E-state index < -0.39 is 51.8 Å². The topological polar surface area (TPSA) is 95.6 Å². The van der Waals surface area contributed by atoms with Gasteiger partial charge in [-0.25, -0.2) is 0 Å². The molecule has 0 spiro atoms. The van der Waals surface area contributed by atoms with E-state index in [0.717, 1.165) is 4.90 Å². The number of carbonyl (C=O) groups excluding carboxylic acids is 4. The van der Waals surface area contributed by atoms with Gasteiger partial charge in [0.15, 0.2) is 0 Å². The lowest BCUT2D eigenvalue weighted by Gasteiger charge is -2.54. The second kappa shape index (κ2) is 8.31. The molecular weight excluding hydrogens is 537 g/mol. The third kappa shape index (κ3) is 3.21. The van der Waals surface area contributed by atoms with Gasteiger partial charge >= 0.3 is 0 Å². The van der Waals surface area contributed by atoms with E-state index in [1.165, 1.54) is 24.3 Å².